The lowest BCUT2D eigenvalue weighted by atomic mass is 10.1. The molecule has 1 aromatic carbocycles. The molecule has 0 unspecified atom stereocenters. The van der Waals surface area contributed by atoms with E-state index in [1.165, 1.54) is 16.7 Å². The minimum Gasteiger partial charge on any atom is -0.203 e. The Labute approximate surface area is 109 Å². The molecule has 0 aliphatic heterocycles. The Morgan fingerprint density at radius 1 is 0.833 bits per heavy atom. The molecule has 0 N–H and O–H groups in total. The second-order valence-electron chi connectivity index (χ2n) is 4.92. The van der Waals surface area contributed by atoms with Gasteiger partial charge >= 0.3 is 0 Å². The number of pyridine rings is 1. The molecule has 92 valence electrons. The van der Waals surface area contributed by atoms with E-state index in [1.807, 2.05) is 0 Å². The minimum atomic E-state index is 0.514. The van der Waals surface area contributed by atoms with Crippen LogP contribution in [0.25, 0.3) is 12.2 Å². The van der Waals surface area contributed by atoms with Gasteiger partial charge in [0.05, 0.1) is 0 Å². The Morgan fingerprint density at radius 2 is 1.33 bits per heavy atom. The van der Waals surface area contributed by atoms with E-state index in [9.17, 15) is 0 Å². The van der Waals surface area contributed by atoms with Gasteiger partial charge in [-0.05, 0) is 31.9 Å². The molecular weight excluding hydrogens is 218 g/mol. The summed E-state index contributed by atoms with van der Waals surface area (Å²) < 4.78 is 2.20. The Bertz CT molecular complexity index is 519. The van der Waals surface area contributed by atoms with Crippen molar-refractivity contribution in [1.82, 2.24) is 0 Å². The molecule has 0 saturated heterocycles. The molecule has 0 amide bonds. The summed E-state index contributed by atoms with van der Waals surface area (Å²) in [4.78, 5) is 0. The largest absolute Gasteiger partial charge is 0.203 e. The normalized spacial score (nSPS) is 11.3. The second kappa shape index (κ2) is 5.63. The van der Waals surface area contributed by atoms with Gasteiger partial charge in [-0.3, -0.25) is 0 Å². The summed E-state index contributed by atoms with van der Waals surface area (Å²) in [5.41, 5.74) is 3.76. The maximum atomic E-state index is 2.20. The fourth-order valence-corrected chi connectivity index (χ4v) is 1.77. The third-order valence-electron chi connectivity index (χ3n) is 3.02. The second-order valence-corrected chi connectivity index (χ2v) is 4.92. The first-order chi connectivity index (χ1) is 8.65. The van der Waals surface area contributed by atoms with Gasteiger partial charge in [0.25, 0.3) is 0 Å². The van der Waals surface area contributed by atoms with Crippen LogP contribution in [-0.4, -0.2) is 0 Å². The molecule has 0 aliphatic carbocycles. The zero-order valence-electron chi connectivity index (χ0n) is 11.3. The molecule has 0 bridgehead atoms. The van der Waals surface area contributed by atoms with Gasteiger partial charge in [-0.2, -0.15) is 0 Å². The van der Waals surface area contributed by atoms with Crippen molar-refractivity contribution in [3.63, 3.8) is 0 Å². The van der Waals surface area contributed by atoms with Crippen molar-refractivity contribution in [2.75, 3.05) is 0 Å². The molecular formula is C17H20N+. The Kier molecular flexibility index (Phi) is 3.93. The van der Waals surface area contributed by atoms with E-state index in [-0.39, 0.29) is 0 Å². The predicted octanol–water partition coefficient (Wildman–Crippen LogP) is 4.03. The molecule has 1 heterocycles. The lowest BCUT2D eigenvalue weighted by Gasteiger charge is -1.99. The maximum absolute atomic E-state index is 2.20. The Morgan fingerprint density at radius 3 is 1.83 bits per heavy atom. The van der Waals surface area contributed by atoms with Gasteiger partial charge in [-0.1, -0.05) is 42.0 Å². The summed E-state index contributed by atoms with van der Waals surface area (Å²) in [5.74, 6) is 0. The SMILES string of the molecule is Cc1ccc(C=Cc2cc[n+](C(C)C)cc2)cc1. The smallest absolute Gasteiger partial charge is 0.169 e. The average molecular weight is 238 g/mol. The molecule has 2 rings (SSSR count). The summed E-state index contributed by atoms with van der Waals surface area (Å²) >= 11 is 0. The van der Waals surface area contributed by atoms with Crippen LogP contribution in [0.3, 0.4) is 0 Å². The van der Waals surface area contributed by atoms with E-state index in [0.717, 1.165) is 0 Å². The topological polar surface area (TPSA) is 3.88 Å². The van der Waals surface area contributed by atoms with Crippen molar-refractivity contribution in [1.29, 1.82) is 0 Å². The van der Waals surface area contributed by atoms with Crippen LogP contribution in [0, 0.1) is 6.92 Å². The highest BCUT2D eigenvalue weighted by Crippen LogP contribution is 2.08. The number of hydrogen-bond donors (Lipinski definition) is 0. The molecule has 0 fully saturated rings. The summed E-state index contributed by atoms with van der Waals surface area (Å²) in [6, 6.07) is 13.4. The molecule has 0 atom stereocenters. The third-order valence-corrected chi connectivity index (χ3v) is 3.02. The van der Waals surface area contributed by atoms with E-state index >= 15 is 0 Å². The molecule has 1 nitrogen and oxygen atoms in total. The monoisotopic (exact) mass is 238 g/mol. The molecule has 1 aromatic heterocycles. The average Bonchev–Trinajstić information content (AvgIpc) is 2.38. The highest BCUT2D eigenvalue weighted by Gasteiger charge is 2.03. The zero-order valence-corrected chi connectivity index (χ0v) is 11.3. The molecule has 0 aliphatic rings. The van der Waals surface area contributed by atoms with Crippen molar-refractivity contribution < 1.29 is 4.57 Å². The summed E-state index contributed by atoms with van der Waals surface area (Å²) in [7, 11) is 0. The van der Waals surface area contributed by atoms with Crippen molar-refractivity contribution >= 4 is 12.2 Å². The fourth-order valence-electron chi connectivity index (χ4n) is 1.77. The fraction of sp³-hybridized carbons (Fsp3) is 0.235. The van der Waals surface area contributed by atoms with Gasteiger partial charge in [0.15, 0.2) is 18.4 Å². The molecule has 0 spiro atoms. The Balaban J connectivity index is 2.11. The van der Waals surface area contributed by atoms with Crippen LogP contribution < -0.4 is 4.57 Å². The van der Waals surface area contributed by atoms with Crippen molar-refractivity contribution in [2.24, 2.45) is 0 Å². The van der Waals surface area contributed by atoms with Gasteiger partial charge in [0.1, 0.15) is 0 Å². The van der Waals surface area contributed by atoms with Crippen LogP contribution in [0.15, 0.2) is 48.8 Å². The standard InChI is InChI=1S/C17H20N/c1-14(2)18-12-10-17(11-13-18)9-8-16-6-4-15(3)5-7-16/h4-14H,1-3H3/q+1. The molecule has 2 aromatic rings. The van der Waals surface area contributed by atoms with Crippen molar-refractivity contribution in [2.45, 2.75) is 26.8 Å². The summed E-state index contributed by atoms with van der Waals surface area (Å²) in [6.07, 6.45) is 8.54. The van der Waals surface area contributed by atoms with Crippen LogP contribution in [-0.2, 0) is 0 Å². The summed E-state index contributed by atoms with van der Waals surface area (Å²) in [6.45, 7) is 6.47. The maximum Gasteiger partial charge on any atom is 0.169 e. The van der Waals surface area contributed by atoms with E-state index in [1.54, 1.807) is 0 Å². The van der Waals surface area contributed by atoms with Crippen LogP contribution in [0.4, 0.5) is 0 Å². The van der Waals surface area contributed by atoms with E-state index in [2.05, 4.69) is 86.3 Å². The number of hydrogen-bond acceptors (Lipinski definition) is 0. The van der Waals surface area contributed by atoms with Crippen molar-refractivity contribution in [3.05, 3.63) is 65.5 Å². The van der Waals surface area contributed by atoms with Gasteiger partial charge in [-0.25, -0.2) is 4.57 Å². The predicted molar refractivity (Wildman–Crippen MR) is 77.1 cm³/mol. The zero-order chi connectivity index (χ0) is 13.0. The number of rotatable bonds is 3. The van der Waals surface area contributed by atoms with E-state index in [4.69, 9.17) is 0 Å². The number of aromatic nitrogens is 1. The number of nitrogens with zero attached hydrogens (tertiary/aromatic N) is 1. The van der Waals surface area contributed by atoms with Gasteiger partial charge in [0.2, 0.25) is 0 Å². The number of benzene rings is 1. The first-order valence-corrected chi connectivity index (χ1v) is 6.41. The van der Waals surface area contributed by atoms with Crippen LogP contribution in [0.5, 0.6) is 0 Å². The van der Waals surface area contributed by atoms with E-state index < -0.39 is 0 Å². The van der Waals surface area contributed by atoms with E-state index in [0.29, 0.717) is 6.04 Å². The highest BCUT2D eigenvalue weighted by atomic mass is 15.0. The molecule has 0 saturated carbocycles. The lowest BCUT2D eigenvalue weighted by Crippen LogP contribution is -2.34. The van der Waals surface area contributed by atoms with Crippen LogP contribution >= 0.6 is 0 Å². The Hall–Kier alpha value is -1.89. The van der Waals surface area contributed by atoms with Crippen LogP contribution in [0.1, 0.15) is 36.6 Å². The highest BCUT2D eigenvalue weighted by molar-refractivity contribution is 5.69. The lowest BCUT2D eigenvalue weighted by molar-refractivity contribution is -0.716. The molecule has 0 radical (unpaired) electrons. The minimum absolute atomic E-state index is 0.514. The quantitative estimate of drug-likeness (QED) is 0.711. The first kappa shape index (κ1) is 12.6. The number of aryl methyl sites for hydroxylation is 1. The van der Waals surface area contributed by atoms with Crippen molar-refractivity contribution in [3.8, 4) is 0 Å². The van der Waals surface area contributed by atoms with Crippen LogP contribution in [0.2, 0.25) is 0 Å². The third kappa shape index (κ3) is 3.30. The first-order valence-electron chi connectivity index (χ1n) is 6.41. The van der Waals surface area contributed by atoms with Gasteiger partial charge in [0, 0.05) is 12.1 Å². The molecule has 1 heteroatoms. The molecule has 18 heavy (non-hydrogen) atoms. The van der Waals surface area contributed by atoms with Gasteiger partial charge in [-0.15, -0.1) is 0 Å². The van der Waals surface area contributed by atoms with Gasteiger partial charge < -0.3 is 0 Å². The summed E-state index contributed by atoms with van der Waals surface area (Å²) in [5, 5.41) is 0.